The maximum absolute atomic E-state index is 11.1. The van der Waals surface area contributed by atoms with Crippen molar-refractivity contribution in [3.63, 3.8) is 0 Å². The Kier molecular flexibility index (Phi) is 3.39. The van der Waals surface area contributed by atoms with Crippen molar-refractivity contribution in [1.82, 2.24) is 0 Å². The van der Waals surface area contributed by atoms with Crippen LogP contribution in [0.5, 0.6) is 0 Å². The maximum atomic E-state index is 11.1. The zero-order valence-electron chi connectivity index (χ0n) is 6.80. The molecule has 0 aromatic rings. The molecule has 0 bridgehead atoms. The van der Waals surface area contributed by atoms with E-state index in [-0.39, 0.29) is 0 Å². The molecule has 8 heteroatoms. The van der Waals surface area contributed by atoms with E-state index >= 15 is 0 Å². The second kappa shape index (κ2) is 4.19. The van der Waals surface area contributed by atoms with E-state index < -0.39 is 60.5 Å². The van der Waals surface area contributed by atoms with Crippen molar-refractivity contribution in [2.45, 2.75) is 18.4 Å². The normalized spacial score (nSPS) is 27.5. The molecule has 1 saturated heterocycles. The summed E-state index contributed by atoms with van der Waals surface area (Å²) in [7, 11) is 0. The molecule has 0 saturated carbocycles. The van der Waals surface area contributed by atoms with E-state index in [2.05, 4.69) is 5.63 Å². The third-order valence-corrected chi connectivity index (χ3v) is 3.54. The minimum atomic E-state index is -2.27. The molecule has 0 spiro atoms. The first-order chi connectivity index (χ1) is 6.44. The molecule has 7 nitrogen and oxygen atoms in total. The first-order valence-corrected chi connectivity index (χ1v) is 6.34. The van der Waals surface area contributed by atoms with Crippen LogP contribution >= 0.6 is 0 Å². The van der Waals surface area contributed by atoms with Gasteiger partial charge in [-0.2, -0.15) is 0 Å². The Hall–Kier alpha value is -0.747. The van der Waals surface area contributed by atoms with Crippen molar-refractivity contribution in [2.24, 2.45) is 0 Å². The summed E-state index contributed by atoms with van der Waals surface area (Å²) in [5.74, 6) is -3.26. The summed E-state index contributed by atoms with van der Waals surface area (Å²) in [6.45, 7) is 0. The van der Waals surface area contributed by atoms with Gasteiger partial charge in [-0.15, -0.1) is 0 Å². The van der Waals surface area contributed by atoms with E-state index in [1.54, 1.807) is 0 Å². The summed E-state index contributed by atoms with van der Waals surface area (Å²) in [5.41, 5.74) is -2.27. The summed E-state index contributed by atoms with van der Waals surface area (Å²) in [4.78, 5) is 32.3. The second-order valence-electron chi connectivity index (χ2n) is 2.70. The molecular formula is C6H6BiO7. The van der Waals surface area contributed by atoms with Gasteiger partial charge >= 0.3 is 90.7 Å². The molecule has 1 fully saturated rings. The molecule has 1 atom stereocenters. The fourth-order valence-corrected chi connectivity index (χ4v) is 2.55. The molecule has 77 valence electrons. The molecule has 1 aliphatic heterocycles. The molecule has 1 aliphatic rings. The van der Waals surface area contributed by atoms with Gasteiger partial charge in [-0.25, -0.2) is 0 Å². The van der Waals surface area contributed by atoms with Gasteiger partial charge in [0.1, 0.15) is 0 Å². The average Bonchev–Trinajstić information content (AvgIpc) is 2.11. The summed E-state index contributed by atoms with van der Waals surface area (Å²) >= 11 is -2.13. The summed E-state index contributed by atoms with van der Waals surface area (Å²) in [6.07, 6.45) is -1.52. The van der Waals surface area contributed by atoms with Crippen molar-refractivity contribution in [3.8, 4) is 0 Å². The number of aliphatic hydroxyl groups is 1. The van der Waals surface area contributed by atoms with Crippen molar-refractivity contribution >= 4 is 42.0 Å². The van der Waals surface area contributed by atoms with Gasteiger partial charge in [0, 0.05) is 0 Å². The Morgan fingerprint density at radius 2 is 2.14 bits per heavy atom. The number of hydrogen-bond acceptors (Lipinski definition) is 6. The molecule has 1 unspecified atom stereocenters. The van der Waals surface area contributed by atoms with Crippen LogP contribution in [0.4, 0.5) is 0 Å². The van der Waals surface area contributed by atoms with Gasteiger partial charge in [0.15, 0.2) is 0 Å². The van der Waals surface area contributed by atoms with Gasteiger partial charge < -0.3 is 0 Å². The van der Waals surface area contributed by atoms with E-state index in [0.717, 1.165) is 0 Å². The van der Waals surface area contributed by atoms with Gasteiger partial charge in [0.05, 0.1) is 0 Å². The second-order valence-corrected chi connectivity index (χ2v) is 4.69. The third-order valence-electron chi connectivity index (χ3n) is 1.52. The minimum absolute atomic E-state index is 0.665. The quantitative estimate of drug-likeness (QED) is 0.529. The van der Waals surface area contributed by atoms with Crippen LogP contribution in [0.2, 0.25) is 0 Å². The summed E-state index contributed by atoms with van der Waals surface area (Å²) in [6, 6.07) is 0. The third kappa shape index (κ3) is 2.62. The van der Waals surface area contributed by atoms with Crippen molar-refractivity contribution < 1.29 is 30.2 Å². The fourth-order valence-electron chi connectivity index (χ4n) is 0.907. The van der Waals surface area contributed by atoms with Crippen LogP contribution in [-0.2, 0) is 20.0 Å². The topological polar surface area (TPSA) is 110 Å². The van der Waals surface area contributed by atoms with Crippen LogP contribution in [0.3, 0.4) is 0 Å². The van der Waals surface area contributed by atoms with Crippen molar-refractivity contribution in [3.05, 3.63) is 0 Å². The van der Waals surface area contributed by atoms with Gasteiger partial charge in [-0.05, 0) is 0 Å². The zero-order valence-corrected chi connectivity index (χ0v) is 10.3. The van der Waals surface area contributed by atoms with E-state index in [0.29, 0.717) is 0 Å². The Morgan fingerprint density at radius 1 is 1.50 bits per heavy atom. The molecule has 0 amide bonds. The average molecular weight is 399 g/mol. The molecule has 0 aromatic carbocycles. The van der Waals surface area contributed by atoms with Crippen LogP contribution in [0, 0.1) is 0 Å². The Morgan fingerprint density at radius 3 is 2.71 bits per heavy atom. The first-order valence-electron chi connectivity index (χ1n) is 3.50. The number of aliphatic carboxylic acids is 1. The number of hydrogen-bond donors (Lipinski definition) is 2. The molecule has 0 aliphatic carbocycles. The van der Waals surface area contributed by atoms with E-state index in [9.17, 15) is 19.5 Å². The fraction of sp³-hybridized carbons (Fsp3) is 0.500. The number of carbonyl (C=O) groups is 3. The molecule has 1 radical (unpaired) electrons. The van der Waals surface area contributed by atoms with Crippen molar-refractivity contribution in [2.75, 3.05) is 0 Å². The van der Waals surface area contributed by atoms with Crippen LogP contribution in [0.15, 0.2) is 0 Å². The Labute approximate surface area is 90.8 Å². The van der Waals surface area contributed by atoms with Crippen LogP contribution in [-0.4, -0.2) is 57.8 Å². The van der Waals surface area contributed by atoms with Crippen LogP contribution < -0.4 is 0 Å². The van der Waals surface area contributed by atoms with E-state index in [1.807, 2.05) is 0 Å². The molecule has 1 rings (SSSR count). The monoisotopic (exact) mass is 399 g/mol. The standard InChI is InChI=1S/C6H8O7.Bi/c7-3(8)1-6(13,5(11)12)2-4(9)10;/h13H,1-2H2,(H,7,8)(H,9,10)(H,11,12);/q;+2/p-2. The van der Waals surface area contributed by atoms with Crippen LogP contribution in [0.1, 0.15) is 12.8 Å². The van der Waals surface area contributed by atoms with Crippen molar-refractivity contribution in [1.29, 1.82) is 0 Å². The van der Waals surface area contributed by atoms with E-state index in [1.165, 1.54) is 0 Å². The van der Waals surface area contributed by atoms with Gasteiger partial charge in [0.25, 0.3) is 0 Å². The van der Waals surface area contributed by atoms with Gasteiger partial charge in [0.2, 0.25) is 0 Å². The predicted molar refractivity (Wildman–Crippen MR) is 39.8 cm³/mol. The SMILES string of the molecule is O=C(O)CC1(O)CC(=O)[O][Bi][O]C1=O. The molecule has 14 heavy (non-hydrogen) atoms. The predicted octanol–water partition coefficient (Wildman–Crippen LogP) is -1.78. The molecular weight excluding hydrogens is 393 g/mol. The first kappa shape index (κ1) is 11.3. The van der Waals surface area contributed by atoms with Gasteiger partial charge in [-0.1, -0.05) is 0 Å². The summed E-state index contributed by atoms with van der Waals surface area (Å²) in [5, 5.41) is 18.0. The molecule has 1 heterocycles. The Balaban J connectivity index is 2.84. The van der Waals surface area contributed by atoms with Gasteiger partial charge in [-0.3, -0.25) is 0 Å². The zero-order chi connectivity index (χ0) is 10.8. The number of carboxylic acids is 1. The number of carboxylic acid groups (broad SMARTS) is 1. The van der Waals surface area contributed by atoms with Crippen LogP contribution in [0.25, 0.3) is 0 Å². The number of carbonyl (C=O) groups excluding carboxylic acids is 2. The number of rotatable bonds is 2. The van der Waals surface area contributed by atoms with E-state index in [4.69, 9.17) is 5.11 Å². The molecule has 2 N–H and O–H groups in total. The summed E-state index contributed by atoms with van der Waals surface area (Å²) < 4.78 is 8.97. The Bertz CT molecular complexity index is 288. The molecule has 0 aromatic heterocycles.